The molecule has 0 amide bonds. The maximum Gasteiger partial charge on any atom is 0.187 e. The quantitative estimate of drug-likeness (QED) is 0.0786. The summed E-state index contributed by atoms with van der Waals surface area (Å²) < 4.78 is 44.7. The second-order valence-corrected chi connectivity index (χ2v) is 12.2. The van der Waals surface area contributed by atoms with Gasteiger partial charge >= 0.3 is 0 Å². The smallest absolute Gasteiger partial charge is 0.187 e. The van der Waals surface area contributed by atoms with Crippen molar-refractivity contribution in [1.82, 2.24) is 0 Å². The van der Waals surface area contributed by atoms with Crippen molar-refractivity contribution >= 4 is 0 Å². The number of hydrogen-bond acceptors (Lipinski definition) is 23. The highest BCUT2D eigenvalue weighted by molar-refractivity contribution is 4.97. The summed E-state index contributed by atoms with van der Waals surface area (Å²) in [6.07, 6.45) is -38.4. The van der Waals surface area contributed by atoms with Gasteiger partial charge in [0.05, 0.1) is 39.6 Å². The summed E-state index contributed by atoms with van der Waals surface area (Å²) >= 11 is 0. The number of rotatable bonds is 14. The van der Waals surface area contributed by atoms with Crippen LogP contribution in [0, 0.1) is 0 Å². The van der Waals surface area contributed by atoms with Crippen molar-refractivity contribution in [3.05, 3.63) is 0 Å². The summed E-state index contributed by atoms with van der Waals surface area (Å²) in [5.41, 5.74) is 0. The second kappa shape index (κ2) is 18.4. The zero-order chi connectivity index (χ0) is 37.0. The molecule has 0 unspecified atom stereocenters. The van der Waals surface area contributed by atoms with E-state index in [9.17, 15) is 76.6 Å². The van der Waals surface area contributed by atoms with E-state index in [-0.39, 0.29) is 0 Å². The van der Waals surface area contributed by atoms with Gasteiger partial charge in [-0.05, 0) is 0 Å². The zero-order valence-corrected chi connectivity index (χ0v) is 26.3. The van der Waals surface area contributed by atoms with E-state index in [0.29, 0.717) is 0 Å². The molecular formula is C27H48O23. The van der Waals surface area contributed by atoms with E-state index < -0.39 is 169 Å². The van der Waals surface area contributed by atoms with E-state index in [2.05, 4.69) is 0 Å². The fourth-order valence-electron chi connectivity index (χ4n) is 5.91. The SMILES string of the molecule is OCC(CO)O[C@H]1O[C@H](CO)[C@@H](O)[C@H](O)[C@H]1O[C@H]1O[C@H](CO)[C@@H](O)[C@H](O)[C@H]1O[C@H]1O[C@H](CO)[C@@H](O)[C@H](O)[C@H]1O[C@H]1O[C@H](CO)[C@@H](O)[C@H](O)[C@H]1O. The first-order valence-electron chi connectivity index (χ1n) is 15.8. The predicted octanol–water partition coefficient (Wildman–Crippen LogP) is -10.4. The summed E-state index contributed by atoms with van der Waals surface area (Å²) in [4.78, 5) is 0. The van der Waals surface area contributed by atoms with Crippen LogP contribution in [-0.2, 0) is 37.9 Å². The van der Waals surface area contributed by atoms with Gasteiger partial charge in [0.2, 0.25) is 0 Å². The van der Waals surface area contributed by atoms with Crippen LogP contribution in [-0.4, -0.2) is 245 Å². The van der Waals surface area contributed by atoms with Crippen LogP contribution in [0.3, 0.4) is 0 Å². The molecule has 0 aromatic carbocycles. The molecule has 15 N–H and O–H groups in total. The van der Waals surface area contributed by atoms with Crippen LogP contribution in [0.4, 0.5) is 0 Å². The first-order valence-corrected chi connectivity index (χ1v) is 15.8. The van der Waals surface area contributed by atoms with E-state index in [4.69, 9.17) is 37.9 Å². The molecule has 4 saturated heterocycles. The molecule has 0 saturated carbocycles. The Morgan fingerprint density at radius 1 is 0.360 bits per heavy atom. The minimum absolute atomic E-state index is 0.760. The molecule has 0 aliphatic carbocycles. The average Bonchev–Trinajstić information content (AvgIpc) is 3.11. The summed E-state index contributed by atoms with van der Waals surface area (Å²) in [6, 6.07) is 0. The molecule has 23 heteroatoms. The van der Waals surface area contributed by atoms with Crippen molar-refractivity contribution in [2.45, 2.75) is 129 Å². The summed E-state index contributed by atoms with van der Waals surface area (Å²) in [7, 11) is 0. The molecule has 4 aliphatic heterocycles. The Morgan fingerprint density at radius 3 is 1.02 bits per heavy atom. The van der Waals surface area contributed by atoms with Crippen LogP contribution < -0.4 is 0 Å². The molecule has 20 atom stereocenters. The van der Waals surface area contributed by atoms with Gasteiger partial charge in [-0.15, -0.1) is 0 Å². The summed E-state index contributed by atoms with van der Waals surface area (Å²) in [5.74, 6) is 0. The normalized spacial score (nSPS) is 49.0. The highest BCUT2D eigenvalue weighted by Gasteiger charge is 2.56. The van der Waals surface area contributed by atoms with Crippen molar-refractivity contribution in [2.75, 3.05) is 39.6 Å². The molecule has 294 valence electrons. The van der Waals surface area contributed by atoms with Crippen molar-refractivity contribution in [3.8, 4) is 0 Å². The van der Waals surface area contributed by atoms with Gasteiger partial charge in [0, 0.05) is 0 Å². The van der Waals surface area contributed by atoms with Gasteiger partial charge in [-0.1, -0.05) is 0 Å². The molecule has 0 radical (unpaired) electrons. The Balaban J connectivity index is 1.65. The Labute approximate surface area is 283 Å². The monoisotopic (exact) mass is 740 g/mol. The van der Waals surface area contributed by atoms with E-state index in [1.807, 2.05) is 0 Å². The van der Waals surface area contributed by atoms with Gasteiger partial charge in [-0.2, -0.15) is 0 Å². The molecule has 50 heavy (non-hydrogen) atoms. The topological polar surface area (TPSA) is 377 Å². The lowest BCUT2D eigenvalue weighted by atomic mass is 9.96. The van der Waals surface area contributed by atoms with E-state index in [1.165, 1.54) is 0 Å². The third-order valence-corrected chi connectivity index (χ3v) is 8.93. The van der Waals surface area contributed by atoms with Crippen molar-refractivity contribution < 1.29 is 114 Å². The average molecular weight is 741 g/mol. The molecule has 0 spiro atoms. The standard InChI is InChI=1S/C27H48O23/c28-1-7(2-29)43-25-21(17(39)13(35)9(4-31)45-25)49-27-23(19(41)15(37)11(6-33)47-27)50-26-22(18(40)14(36)10(5-32)46-26)48-24-20(42)16(38)12(34)8(3-30)44-24/h7-42H,1-6H2/t8-,9-,10-,11-,12-,13-,14-,15-,16+,17+,18+,19+,20-,21-,22-,23-,24-,25+,26-,27-/m1/s1. The molecule has 4 fully saturated rings. The molecule has 23 nitrogen and oxygen atoms in total. The zero-order valence-electron chi connectivity index (χ0n) is 26.3. The first kappa shape index (κ1) is 41.8. The number of ether oxygens (including phenoxy) is 8. The minimum Gasteiger partial charge on any atom is -0.394 e. The third-order valence-electron chi connectivity index (χ3n) is 8.93. The van der Waals surface area contributed by atoms with Gasteiger partial charge in [-0.3, -0.25) is 0 Å². The van der Waals surface area contributed by atoms with Crippen LogP contribution in [0.25, 0.3) is 0 Å². The first-order chi connectivity index (χ1) is 23.8. The Hall–Kier alpha value is -0.920. The second-order valence-electron chi connectivity index (χ2n) is 12.2. The summed E-state index contributed by atoms with van der Waals surface area (Å²) in [5, 5.41) is 154. The summed E-state index contributed by atoms with van der Waals surface area (Å²) in [6.45, 7) is -5.04. The Kier molecular flexibility index (Phi) is 15.4. The molecule has 0 bridgehead atoms. The molecular weight excluding hydrogens is 692 g/mol. The van der Waals surface area contributed by atoms with E-state index >= 15 is 0 Å². The lowest BCUT2D eigenvalue weighted by molar-refractivity contribution is -0.407. The highest BCUT2D eigenvalue weighted by Crippen LogP contribution is 2.35. The van der Waals surface area contributed by atoms with Crippen LogP contribution in [0.2, 0.25) is 0 Å². The number of aliphatic hydroxyl groups is 15. The third kappa shape index (κ3) is 8.72. The van der Waals surface area contributed by atoms with Gasteiger partial charge in [0.15, 0.2) is 25.2 Å². The van der Waals surface area contributed by atoms with Crippen molar-refractivity contribution in [2.24, 2.45) is 0 Å². The maximum atomic E-state index is 11.1. The minimum atomic E-state index is -2.07. The van der Waals surface area contributed by atoms with Crippen molar-refractivity contribution in [1.29, 1.82) is 0 Å². The van der Waals surface area contributed by atoms with Gasteiger partial charge < -0.3 is 114 Å². The Morgan fingerprint density at radius 2 is 0.660 bits per heavy atom. The lowest BCUT2D eigenvalue weighted by Gasteiger charge is -2.49. The molecule has 4 aliphatic rings. The lowest BCUT2D eigenvalue weighted by Crippen LogP contribution is -2.68. The molecule has 0 aromatic rings. The van der Waals surface area contributed by atoms with Crippen LogP contribution in [0.1, 0.15) is 0 Å². The van der Waals surface area contributed by atoms with Gasteiger partial charge in [0.25, 0.3) is 0 Å². The van der Waals surface area contributed by atoms with Crippen LogP contribution >= 0.6 is 0 Å². The molecule has 4 heterocycles. The maximum absolute atomic E-state index is 11.1. The largest absolute Gasteiger partial charge is 0.394 e. The van der Waals surface area contributed by atoms with Gasteiger partial charge in [-0.25, -0.2) is 0 Å². The molecule has 0 aromatic heterocycles. The number of aliphatic hydroxyl groups excluding tert-OH is 15. The fourth-order valence-corrected chi connectivity index (χ4v) is 5.91. The fraction of sp³-hybridized carbons (Fsp3) is 1.00. The van der Waals surface area contributed by atoms with E-state index in [1.54, 1.807) is 0 Å². The van der Waals surface area contributed by atoms with Crippen LogP contribution in [0.5, 0.6) is 0 Å². The molecule has 4 rings (SSSR count). The predicted molar refractivity (Wildman–Crippen MR) is 151 cm³/mol. The van der Waals surface area contributed by atoms with Crippen molar-refractivity contribution in [3.63, 3.8) is 0 Å². The highest BCUT2D eigenvalue weighted by atomic mass is 16.8. The Bertz CT molecular complexity index is 1010. The number of hydrogen-bond donors (Lipinski definition) is 15. The van der Waals surface area contributed by atoms with Gasteiger partial charge in [0.1, 0.15) is 104 Å². The van der Waals surface area contributed by atoms with Crippen LogP contribution in [0.15, 0.2) is 0 Å². The van der Waals surface area contributed by atoms with E-state index in [0.717, 1.165) is 0 Å².